The average Bonchev–Trinajstić information content (AvgIpc) is 3.15. The molecule has 1 N–H and O–H groups in total. The molecule has 3 aromatic heterocycles. The van der Waals surface area contributed by atoms with Crippen molar-refractivity contribution in [3.63, 3.8) is 0 Å². The molecule has 0 saturated heterocycles. The molecule has 0 amide bonds. The Hall–Kier alpha value is -2.19. The fraction of sp³-hybridized carbons (Fsp3) is 0.0526. The van der Waals surface area contributed by atoms with Gasteiger partial charge in [-0.2, -0.15) is 0 Å². The van der Waals surface area contributed by atoms with Crippen LogP contribution < -0.4 is 10.3 Å². The Bertz CT molecular complexity index is 1080. The van der Waals surface area contributed by atoms with Crippen LogP contribution in [0.2, 0.25) is 0 Å². The number of halogens is 1. The molecule has 4 nitrogen and oxygen atoms in total. The van der Waals surface area contributed by atoms with Crippen LogP contribution in [0.15, 0.2) is 65.0 Å². The van der Waals surface area contributed by atoms with Gasteiger partial charge in [0.1, 0.15) is 12.4 Å². The van der Waals surface area contributed by atoms with Crippen molar-refractivity contribution < 1.29 is 4.74 Å². The number of H-pyrrole nitrogens is 1. The first-order chi connectivity index (χ1) is 12.2. The molecule has 1 aromatic carbocycles. The number of thiophene rings is 1. The van der Waals surface area contributed by atoms with E-state index in [0.717, 1.165) is 24.9 Å². The second-order valence-corrected chi connectivity index (χ2v) is 7.66. The van der Waals surface area contributed by atoms with Gasteiger partial charge in [-0.25, -0.2) is 0 Å². The Kier molecular flexibility index (Phi) is 4.54. The third-order valence-corrected chi connectivity index (χ3v) is 5.39. The normalized spacial score (nSPS) is 10.9. The van der Waals surface area contributed by atoms with Gasteiger partial charge in [-0.1, -0.05) is 6.07 Å². The Morgan fingerprint density at radius 3 is 2.76 bits per heavy atom. The van der Waals surface area contributed by atoms with Crippen molar-refractivity contribution in [2.75, 3.05) is 0 Å². The fourth-order valence-corrected chi connectivity index (χ4v) is 3.92. The summed E-state index contributed by atoms with van der Waals surface area (Å²) in [5.41, 5.74) is 2.22. The predicted molar refractivity (Wildman–Crippen MR) is 109 cm³/mol. The lowest BCUT2D eigenvalue weighted by Crippen LogP contribution is -2.11. The summed E-state index contributed by atoms with van der Waals surface area (Å²) >= 11 is 3.79. The van der Waals surface area contributed by atoms with Crippen molar-refractivity contribution >= 4 is 44.8 Å². The summed E-state index contributed by atoms with van der Waals surface area (Å²) in [6, 6.07) is 13.6. The number of benzene rings is 1. The summed E-state index contributed by atoms with van der Waals surface area (Å²) in [6.45, 7) is 0.380. The summed E-state index contributed by atoms with van der Waals surface area (Å²) in [7, 11) is 0. The third kappa shape index (κ3) is 3.32. The molecule has 0 aliphatic carbocycles. The van der Waals surface area contributed by atoms with Crippen molar-refractivity contribution in [1.82, 2.24) is 9.97 Å². The van der Waals surface area contributed by atoms with E-state index in [9.17, 15) is 4.79 Å². The van der Waals surface area contributed by atoms with Gasteiger partial charge >= 0.3 is 0 Å². The van der Waals surface area contributed by atoms with Crippen molar-refractivity contribution in [2.45, 2.75) is 6.61 Å². The van der Waals surface area contributed by atoms with Crippen molar-refractivity contribution in [2.24, 2.45) is 0 Å². The van der Waals surface area contributed by atoms with Crippen LogP contribution in [-0.2, 0) is 6.61 Å². The first-order valence-corrected chi connectivity index (χ1v) is 9.59. The second-order valence-electron chi connectivity index (χ2n) is 5.47. The molecular weight excluding hydrogens is 447 g/mol. The minimum atomic E-state index is -0.138. The van der Waals surface area contributed by atoms with Crippen LogP contribution in [0.1, 0.15) is 5.56 Å². The second kappa shape index (κ2) is 6.97. The maximum atomic E-state index is 12.7. The highest BCUT2D eigenvalue weighted by Crippen LogP contribution is 2.36. The van der Waals surface area contributed by atoms with Crippen LogP contribution in [0.5, 0.6) is 5.75 Å². The monoisotopic (exact) mass is 460 g/mol. The molecular formula is C19H13IN2O2S. The Morgan fingerprint density at radius 2 is 2.00 bits per heavy atom. The van der Waals surface area contributed by atoms with Crippen LogP contribution in [0.25, 0.3) is 21.3 Å². The summed E-state index contributed by atoms with van der Waals surface area (Å²) in [6.07, 6.45) is 3.47. The lowest BCUT2D eigenvalue weighted by molar-refractivity contribution is 0.311. The van der Waals surface area contributed by atoms with E-state index >= 15 is 0 Å². The Labute approximate surface area is 161 Å². The molecule has 0 fully saturated rings. The maximum Gasteiger partial charge on any atom is 0.260 e. The topological polar surface area (TPSA) is 55.0 Å². The van der Waals surface area contributed by atoms with Crippen LogP contribution in [0.4, 0.5) is 0 Å². The van der Waals surface area contributed by atoms with Crippen molar-refractivity contribution in [3.05, 3.63) is 79.7 Å². The van der Waals surface area contributed by atoms with Crippen LogP contribution in [0, 0.1) is 3.57 Å². The number of pyridine rings is 2. The van der Waals surface area contributed by atoms with Gasteiger partial charge in [-0.3, -0.25) is 9.78 Å². The molecule has 4 aromatic rings. The van der Waals surface area contributed by atoms with Gasteiger partial charge in [0.2, 0.25) is 0 Å². The highest BCUT2D eigenvalue weighted by molar-refractivity contribution is 14.1. The zero-order valence-electron chi connectivity index (χ0n) is 13.0. The van der Waals surface area contributed by atoms with Gasteiger partial charge in [0.05, 0.1) is 11.1 Å². The highest BCUT2D eigenvalue weighted by atomic mass is 127. The molecule has 0 atom stereocenters. The molecule has 0 unspecified atom stereocenters. The number of hydrogen-bond acceptors (Lipinski definition) is 4. The molecule has 124 valence electrons. The molecule has 25 heavy (non-hydrogen) atoms. The largest absolute Gasteiger partial charge is 0.487 e. The minimum absolute atomic E-state index is 0.138. The number of nitrogens with one attached hydrogen (secondary N) is 1. The lowest BCUT2D eigenvalue weighted by atomic mass is 10.1. The Balaban J connectivity index is 1.90. The summed E-state index contributed by atoms with van der Waals surface area (Å²) in [5, 5.41) is 2.87. The molecule has 4 rings (SSSR count). The van der Waals surface area contributed by atoms with Crippen molar-refractivity contribution in [3.8, 4) is 16.2 Å². The molecule has 0 radical (unpaired) electrons. The zero-order chi connectivity index (χ0) is 17.2. The SMILES string of the molecule is O=c1[nH]c2ccc(I)cc2c(OCc2ccncc2)c1-c1cccs1. The van der Waals surface area contributed by atoms with Gasteiger partial charge < -0.3 is 9.72 Å². The molecule has 0 aliphatic rings. The summed E-state index contributed by atoms with van der Waals surface area (Å²) in [5.74, 6) is 0.622. The first-order valence-electron chi connectivity index (χ1n) is 7.63. The number of hydrogen-bond donors (Lipinski definition) is 1. The number of aromatic amines is 1. The number of nitrogens with zero attached hydrogens (tertiary/aromatic N) is 1. The van der Waals surface area contributed by atoms with E-state index in [0.29, 0.717) is 17.9 Å². The summed E-state index contributed by atoms with van der Waals surface area (Å²) in [4.78, 5) is 20.6. The molecule has 3 heterocycles. The van der Waals surface area contributed by atoms with E-state index in [1.54, 1.807) is 12.4 Å². The minimum Gasteiger partial charge on any atom is -0.487 e. The highest BCUT2D eigenvalue weighted by Gasteiger charge is 2.17. The first kappa shape index (κ1) is 16.3. The fourth-order valence-electron chi connectivity index (χ4n) is 2.66. The maximum absolute atomic E-state index is 12.7. The predicted octanol–water partition coefficient (Wildman–Crippen LogP) is 4.84. The zero-order valence-corrected chi connectivity index (χ0v) is 16.0. The Morgan fingerprint density at radius 1 is 1.16 bits per heavy atom. The van der Waals surface area contributed by atoms with Gasteiger partial charge in [0.15, 0.2) is 0 Å². The van der Waals surface area contributed by atoms with Crippen LogP contribution in [-0.4, -0.2) is 9.97 Å². The van der Waals surface area contributed by atoms with Gasteiger partial charge in [0, 0.05) is 26.2 Å². The number of ether oxygens (including phenoxy) is 1. The van der Waals surface area contributed by atoms with Crippen molar-refractivity contribution in [1.29, 1.82) is 0 Å². The van der Waals surface area contributed by atoms with E-state index in [-0.39, 0.29) is 5.56 Å². The smallest absolute Gasteiger partial charge is 0.260 e. The molecule has 0 spiro atoms. The third-order valence-electron chi connectivity index (χ3n) is 3.83. The van der Waals surface area contributed by atoms with Crippen LogP contribution >= 0.6 is 33.9 Å². The molecule has 0 aliphatic heterocycles. The van der Waals surface area contributed by atoms with Gasteiger partial charge in [-0.05, 0) is 69.9 Å². The quantitative estimate of drug-likeness (QED) is 0.444. The van der Waals surface area contributed by atoms with E-state index in [1.807, 2.05) is 47.8 Å². The molecule has 0 bridgehead atoms. The number of aromatic nitrogens is 2. The standard InChI is InChI=1S/C19H13IN2O2S/c20-13-3-4-15-14(10-13)18(24-11-12-5-7-21-8-6-12)17(19(23)22-15)16-2-1-9-25-16/h1-10H,11H2,(H,22,23). The van der Waals surface area contributed by atoms with Gasteiger partial charge in [-0.15, -0.1) is 11.3 Å². The number of rotatable bonds is 4. The van der Waals surface area contributed by atoms with E-state index in [1.165, 1.54) is 11.3 Å². The van der Waals surface area contributed by atoms with Gasteiger partial charge in [0.25, 0.3) is 5.56 Å². The van der Waals surface area contributed by atoms with E-state index < -0.39 is 0 Å². The summed E-state index contributed by atoms with van der Waals surface area (Å²) < 4.78 is 7.24. The lowest BCUT2D eigenvalue weighted by Gasteiger charge is -2.13. The molecule has 6 heteroatoms. The van der Waals surface area contributed by atoms with Crippen LogP contribution in [0.3, 0.4) is 0 Å². The average molecular weight is 460 g/mol. The number of fused-ring (bicyclic) bond motifs is 1. The van der Waals surface area contributed by atoms with E-state index in [2.05, 4.69) is 32.6 Å². The molecule has 0 saturated carbocycles. The van der Waals surface area contributed by atoms with E-state index in [4.69, 9.17) is 4.74 Å².